The van der Waals surface area contributed by atoms with Crippen LogP contribution in [0, 0.1) is 5.82 Å². The van der Waals surface area contributed by atoms with Crippen LogP contribution in [0.1, 0.15) is 5.56 Å². The van der Waals surface area contributed by atoms with E-state index in [1.165, 1.54) is 13.2 Å². The van der Waals surface area contributed by atoms with Gasteiger partial charge in [0, 0.05) is 11.3 Å². The van der Waals surface area contributed by atoms with Crippen molar-refractivity contribution in [2.45, 2.75) is 10.8 Å². The van der Waals surface area contributed by atoms with Crippen LogP contribution in [0.15, 0.2) is 65.7 Å². The monoisotopic (exact) mass is 395 g/mol. The number of fused-ring (bicyclic) bond motifs is 1. The molecule has 0 N–H and O–H groups in total. The first-order valence-electron chi connectivity index (χ1n) is 8.64. The Morgan fingerprint density at radius 1 is 1.00 bits per heavy atom. The third-order valence-corrected chi connectivity index (χ3v) is 5.25. The maximum atomic E-state index is 14.2. The summed E-state index contributed by atoms with van der Waals surface area (Å²) in [5.41, 5.74) is 2.55. The van der Waals surface area contributed by atoms with Gasteiger partial charge in [-0.1, -0.05) is 36.0 Å². The standard InChI is InChI=1S/C21H18FN3O2S/c1-26-15-7-5-6-14(12-15)13-28-19-11-10-18-23-20(21(27-2)25(18)24-19)16-8-3-4-9-17(16)22/h3-12H,13H2,1-2H3. The van der Waals surface area contributed by atoms with E-state index < -0.39 is 0 Å². The summed E-state index contributed by atoms with van der Waals surface area (Å²) in [5, 5.41) is 5.43. The van der Waals surface area contributed by atoms with E-state index in [1.54, 1.807) is 41.6 Å². The third kappa shape index (κ3) is 3.53. The highest BCUT2D eigenvalue weighted by atomic mass is 32.2. The molecule has 0 spiro atoms. The summed E-state index contributed by atoms with van der Waals surface area (Å²) in [4.78, 5) is 4.51. The predicted octanol–water partition coefficient (Wildman–Crippen LogP) is 4.84. The summed E-state index contributed by atoms with van der Waals surface area (Å²) in [7, 11) is 3.19. The fourth-order valence-corrected chi connectivity index (χ4v) is 3.70. The lowest BCUT2D eigenvalue weighted by atomic mass is 10.1. The van der Waals surface area contributed by atoms with Crippen molar-refractivity contribution in [1.29, 1.82) is 0 Å². The number of methoxy groups -OCH3 is 2. The van der Waals surface area contributed by atoms with Crippen LogP contribution in [0.25, 0.3) is 16.9 Å². The molecule has 0 radical (unpaired) electrons. The second-order valence-corrected chi connectivity index (χ2v) is 7.03. The van der Waals surface area contributed by atoms with E-state index in [0.717, 1.165) is 22.1 Å². The van der Waals surface area contributed by atoms with Gasteiger partial charge in [-0.15, -0.1) is 0 Å². The molecule has 0 atom stereocenters. The van der Waals surface area contributed by atoms with E-state index >= 15 is 0 Å². The summed E-state index contributed by atoms with van der Waals surface area (Å²) in [6.45, 7) is 0. The van der Waals surface area contributed by atoms with Gasteiger partial charge < -0.3 is 9.47 Å². The van der Waals surface area contributed by atoms with Crippen LogP contribution < -0.4 is 9.47 Å². The molecule has 0 saturated carbocycles. The molecule has 2 heterocycles. The molecule has 2 aromatic carbocycles. The van der Waals surface area contributed by atoms with Crippen LogP contribution in [0.5, 0.6) is 11.6 Å². The molecular formula is C21H18FN3O2S. The zero-order valence-electron chi connectivity index (χ0n) is 15.4. The number of hydrogen-bond acceptors (Lipinski definition) is 5. The number of hydrogen-bond donors (Lipinski definition) is 0. The van der Waals surface area contributed by atoms with Gasteiger partial charge >= 0.3 is 0 Å². The maximum absolute atomic E-state index is 14.2. The summed E-state index contributed by atoms with van der Waals surface area (Å²) in [6, 6.07) is 18.2. The van der Waals surface area contributed by atoms with Gasteiger partial charge in [0.15, 0.2) is 5.65 Å². The van der Waals surface area contributed by atoms with Gasteiger partial charge in [-0.3, -0.25) is 0 Å². The van der Waals surface area contributed by atoms with Gasteiger partial charge in [-0.05, 0) is 42.0 Å². The number of thioether (sulfide) groups is 1. The Morgan fingerprint density at radius 2 is 1.86 bits per heavy atom. The Kier molecular flexibility index (Phi) is 5.16. The lowest BCUT2D eigenvalue weighted by Gasteiger charge is -2.06. The average Bonchev–Trinajstić information content (AvgIpc) is 3.10. The van der Waals surface area contributed by atoms with Crippen LogP contribution in [0.2, 0.25) is 0 Å². The number of ether oxygens (including phenoxy) is 2. The maximum Gasteiger partial charge on any atom is 0.243 e. The molecule has 2 aromatic heterocycles. The van der Waals surface area contributed by atoms with Crippen LogP contribution in [0.4, 0.5) is 4.39 Å². The molecule has 142 valence electrons. The molecule has 0 amide bonds. The lowest BCUT2D eigenvalue weighted by molar-refractivity contribution is 0.387. The average molecular weight is 395 g/mol. The van der Waals surface area contributed by atoms with Crippen LogP contribution in [-0.2, 0) is 5.75 Å². The van der Waals surface area contributed by atoms with Crippen molar-refractivity contribution in [3.05, 3.63) is 72.0 Å². The lowest BCUT2D eigenvalue weighted by Crippen LogP contribution is -1.97. The molecule has 5 nitrogen and oxygen atoms in total. The molecule has 4 rings (SSSR count). The van der Waals surface area contributed by atoms with E-state index in [-0.39, 0.29) is 5.82 Å². The highest BCUT2D eigenvalue weighted by Crippen LogP contribution is 2.32. The normalized spacial score (nSPS) is 11.0. The Labute approximate surface area is 166 Å². The van der Waals surface area contributed by atoms with E-state index in [0.29, 0.717) is 22.8 Å². The van der Waals surface area contributed by atoms with Crippen molar-refractivity contribution >= 4 is 17.4 Å². The van der Waals surface area contributed by atoms with E-state index in [1.807, 2.05) is 36.4 Å². The number of aromatic nitrogens is 3. The van der Waals surface area contributed by atoms with Crippen molar-refractivity contribution < 1.29 is 13.9 Å². The largest absolute Gasteiger partial charge is 0.497 e. The predicted molar refractivity (Wildman–Crippen MR) is 107 cm³/mol. The minimum Gasteiger partial charge on any atom is -0.497 e. The van der Waals surface area contributed by atoms with Crippen LogP contribution in [0.3, 0.4) is 0 Å². The number of benzene rings is 2. The molecule has 0 bridgehead atoms. The Hall–Kier alpha value is -3.06. The Balaban J connectivity index is 1.66. The Bertz CT molecular complexity index is 1130. The van der Waals surface area contributed by atoms with Crippen molar-refractivity contribution in [1.82, 2.24) is 14.6 Å². The van der Waals surface area contributed by atoms with Gasteiger partial charge in [-0.25, -0.2) is 9.37 Å². The topological polar surface area (TPSA) is 48.7 Å². The van der Waals surface area contributed by atoms with Crippen molar-refractivity contribution in [3.63, 3.8) is 0 Å². The highest BCUT2D eigenvalue weighted by Gasteiger charge is 2.18. The zero-order chi connectivity index (χ0) is 19.5. The summed E-state index contributed by atoms with van der Waals surface area (Å²) in [6.07, 6.45) is 0. The molecular weight excluding hydrogens is 377 g/mol. The molecule has 0 fully saturated rings. The fourth-order valence-electron chi connectivity index (χ4n) is 2.90. The first kappa shape index (κ1) is 18.3. The highest BCUT2D eigenvalue weighted by molar-refractivity contribution is 7.98. The molecule has 4 aromatic rings. The molecule has 0 saturated heterocycles. The molecule has 0 aliphatic heterocycles. The van der Waals surface area contributed by atoms with Gasteiger partial charge in [-0.2, -0.15) is 9.61 Å². The number of imidazole rings is 1. The van der Waals surface area contributed by atoms with Crippen LogP contribution in [-0.4, -0.2) is 28.8 Å². The van der Waals surface area contributed by atoms with Gasteiger partial charge in [0.25, 0.3) is 0 Å². The van der Waals surface area contributed by atoms with Gasteiger partial charge in [0.1, 0.15) is 22.3 Å². The second kappa shape index (κ2) is 7.90. The summed E-state index contributed by atoms with van der Waals surface area (Å²) >= 11 is 1.59. The van der Waals surface area contributed by atoms with Gasteiger partial charge in [0.2, 0.25) is 5.88 Å². The third-order valence-electron chi connectivity index (χ3n) is 4.26. The van der Waals surface area contributed by atoms with Gasteiger partial charge in [0.05, 0.1) is 14.2 Å². The van der Waals surface area contributed by atoms with Crippen molar-refractivity contribution in [3.8, 4) is 22.9 Å². The van der Waals surface area contributed by atoms with Crippen molar-refractivity contribution in [2.24, 2.45) is 0 Å². The summed E-state index contributed by atoms with van der Waals surface area (Å²) in [5.74, 6) is 1.63. The molecule has 0 unspecified atom stereocenters. The minimum absolute atomic E-state index is 0.350. The number of halogens is 1. The smallest absolute Gasteiger partial charge is 0.243 e. The second-order valence-electron chi connectivity index (χ2n) is 6.03. The fraction of sp³-hybridized carbons (Fsp3) is 0.143. The van der Waals surface area contributed by atoms with E-state index in [4.69, 9.17) is 9.47 Å². The first-order chi connectivity index (χ1) is 13.7. The number of rotatable bonds is 6. The molecule has 7 heteroatoms. The Morgan fingerprint density at radius 3 is 2.64 bits per heavy atom. The van der Waals surface area contributed by atoms with E-state index in [2.05, 4.69) is 10.1 Å². The minimum atomic E-state index is -0.350. The molecule has 28 heavy (non-hydrogen) atoms. The molecule has 0 aliphatic carbocycles. The summed E-state index contributed by atoms with van der Waals surface area (Å²) < 4.78 is 26.6. The number of nitrogens with zero attached hydrogens (tertiary/aromatic N) is 3. The van der Waals surface area contributed by atoms with E-state index in [9.17, 15) is 4.39 Å². The SMILES string of the molecule is COc1cccc(CSc2ccc3nc(-c4ccccc4F)c(OC)n3n2)c1. The first-order valence-corrected chi connectivity index (χ1v) is 9.62. The van der Waals surface area contributed by atoms with Crippen molar-refractivity contribution in [2.75, 3.05) is 14.2 Å². The quantitative estimate of drug-likeness (QED) is 0.437. The zero-order valence-corrected chi connectivity index (χ0v) is 16.2. The molecule has 0 aliphatic rings. The van der Waals surface area contributed by atoms with Crippen LogP contribution >= 0.6 is 11.8 Å².